The van der Waals surface area contributed by atoms with E-state index in [1.54, 1.807) is 24.3 Å². The topological polar surface area (TPSA) is 67.4 Å². The Hall–Kier alpha value is -2.82. The number of amides is 2. The predicted molar refractivity (Wildman–Crippen MR) is 104 cm³/mol. The van der Waals surface area contributed by atoms with Gasteiger partial charge in [-0.15, -0.1) is 0 Å². The lowest BCUT2D eigenvalue weighted by atomic mass is 10.1. The summed E-state index contributed by atoms with van der Waals surface area (Å²) in [6.45, 7) is 6.65. The summed E-state index contributed by atoms with van der Waals surface area (Å²) in [6, 6.07) is 12.7. The molecule has 0 saturated heterocycles. The summed E-state index contributed by atoms with van der Waals surface area (Å²) >= 11 is 0. The predicted octanol–water partition coefficient (Wildman–Crippen LogP) is 3.85. The zero-order valence-corrected chi connectivity index (χ0v) is 15.6. The Labute approximate surface area is 154 Å². The van der Waals surface area contributed by atoms with Crippen LogP contribution in [0.3, 0.4) is 0 Å². The molecule has 0 spiro atoms. The minimum Gasteiger partial charge on any atom is -0.484 e. The van der Waals surface area contributed by atoms with E-state index in [-0.39, 0.29) is 18.4 Å². The second-order valence-electron chi connectivity index (χ2n) is 6.35. The van der Waals surface area contributed by atoms with E-state index >= 15 is 0 Å². The van der Waals surface area contributed by atoms with E-state index in [2.05, 4.69) is 17.6 Å². The maximum Gasteiger partial charge on any atom is 0.262 e. The van der Waals surface area contributed by atoms with Gasteiger partial charge in [-0.1, -0.05) is 19.4 Å². The zero-order valence-electron chi connectivity index (χ0n) is 15.6. The number of hydrogen-bond donors (Lipinski definition) is 2. The van der Waals surface area contributed by atoms with Crippen molar-refractivity contribution < 1.29 is 14.3 Å². The monoisotopic (exact) mass is 354 g/mol. The van der Waals surface area contributed by atoms with E-state index in [4.69, 9.17) is 4.74 Å². The molecule has 0 heterocycles. The molecule has 0 aliphatic rings. The van der Waals surface area contributed by atoms with Crippen molar-refractivity contribution in [1.29, 1.82) is 0 Å². The number of aryl methyl sites for hydroxylation is 2. The SMILES string of the molecule is CCCCNC(=O)c1ccc(NC(=O)COc2cc(C)cc(C)c2)cc1. The van der Waals surface area contributed by atoms with Crippen LogP contribution in [0.1, 0.15) is 41.3 Å². The average Bonchev–Trinajstić information content (AvgIpc) is 2.60. The Bertz CT molecular complexity index is 734. The molecule has 0 atom stereocenters. The lowest BCUT2D eigenvalue weighted by molar-refractivity contribution is -0.118. The minimum atomic E-state index is -0.246. The Kier molecular flexibility index (Phi) is 7.21. The van der Waals surface area contributed by atoms with Crippen LogP contribution in [0.25, 0.3) is 0 Å². The van der Waals surface area contributed by atoms with Crippen LogP contribution in [-0.4, -0.2) is 25.0 Å². The molecule has 0 bridgehead atoms. The maximum atomic E-state index is 12.0. The van der Waals surface area contributed by atoms with Crippen molar-refractivity contribution in [2.45, 2.75) is 33.6 Å². The van der Waals surface area contributed by atoms with Crippen LogP contribution in [0.15, 0.2) is 42.5 Å². The van der Waals surface area contributed by atoms with Crippen LogP contribution in [-0.2, 0) is 4.79 Å². The van der Waals surface area contributed by atoms with Gasteiger partial charge in [-0.25, -0.2) is 0 Å². The van der Waals surface area contributed by atoms with Crippen molar-refractivity contribution in [2.75, 3.05) is 18.5 Å². The summed E-state index contributed by atoms with van der Waals surface area (Å²) in [5, 5.41) is 5.63. The molecule has 0 saturated carbocycles. The standard InChI is InChI=1S/C21H26N2O3/c1-4-5-10-22-21(25)17-6-8-18(9-7-17)23-20(24)14-26-19-12-15(2)11-16(3)13-19/h6-9,11-13H,4-5,10,14H2,1-3H3,(H,22,25)(H,23,24). The van der Waals surface area contributed by atoms with Gasteiger partial charge < -0.3 is 15.4 Å². The Balaban J connectivity index is 1.84. The smallest absolute Gasteiger partial charge is 0.262 e. The number of unbranched alkanes of at least 4 members (excludes halogenated alkanes) is 1. The summed E-state index contributed by atoms with van der Waals surface area (Å²) in [6.07, 6.45) is 2.00. The highest BCUT2D eigenvalue weighted by Crippen LogP contribution is 2.16. The fourth-order valence-corrected chi connectivity index (χ4v) is 2.55. The molecule has 2 amide bonds. The third-order valence-corrected chi connectivity index (χ3v) is 3.81. The number of nitrogens with one attached hydrogen (secondary N) is 2. The molecular formula is C21H26N2O3. The maximum absolute atomic E-state index is 12.0. The van der Waals surface area contributed by atoms with E-state index in [9.17, 15) is 9.59 Å². The lowest BCUT2D eigenvalue weighted by Crippen LogP contribution is -2.24. The molecule has 2 N–H and O–H groups in total. The summed E-state index contributed by atoms with van der Waals surface area (Å²) < 4.78 is 5.54. The van der Waals surface area contributed by atoms with Crippen LogP contribution in [0, 0.1) is 13.8 Å². The summed E-state index contributed by atoms with van der Waals surface area (Å²) in [5.74, 6) is 0.329. The zero-order chi connectivity index (χ0) is 18.9. The first-order valence-corrected chi connectivity index (χ1v) is 8.87. The van der Waals surface area contributed by atoms with Crippen molar-refractivity contribution in [3.05, 3.63) is 59.2 Å². The molecule has 2 rings (SSSR count). The van der Waals surface area contributed by atoms with Crippen molar-refractivity contribution in [3.8, 4) is 5.75 Å². The second-order valence-corrected chi connectivity index (χ2v) is 6.35. The molecule has 0 unspecified atom stereocenters. The van der Waals surface area contributed by atoms with Crippen molar-refractivity contribution in [1.82, 2.24) is 5.32 Å². The quantitative estimate of drug-likeness (QED) is 0.708. The van der Waals surface area contributed by atoms with E-state index in [1.165, 1.54) is 0 Å². The highest BCUT2D eigenvalue weighted by molar-refractivity contribution is 5.96. The molecule has 0 radical (unpaired) electrons. The van der Waals surface area contributed by atoms with Gasteiger partial charge in [0.25, 0.3) is 11.8 Å². The number of benzene rings is 2. The van der Waals surface area contributed by atoms with E-state index in [1.807, 2.05) is 32.0 Å². The number of carbonyl (C=O) groups excluding carboxylic acids is 2. The third-order valence-electron chi connectivity index (χ3n) is 3.81. The average molecular weight is 354 g/mol. The van der Waals surface area contributed by atoms with Gasteiger partial charge >= 0.3 is 0 Å². The van der Waals surface area contributed by atoms with Crippen LogP contribution >= 0.6 is 0 Å². The highest BCUT2D eigenvalue weighted by Gasteiger charge is 2.07. The number of rotatable bonds is 8. The number of anilines is 1. The van der Waals surface area contributed by atoms with E-state index in [0.717, 1.165) is 24.0 Å². The van der Waals surface area contributed by atoms with Crippen molar-refractivity contribution >= 4 is 17.5 Å². The molecule has 5 nitrogen and oxygen atoms in total. The largest absolute Gasteiger partial charge is 0.484 e. The van der Waals surface area contributed by atoms with Crippen molar-refractivity contribution in [3.63, 3.8) is 0 Å². The van der Waals surface area contributed by atoms with Gasteiger partial charge in [0.15, 0.2) is 6.61 Å². The molecule has 0 aliphatic heterocycles. The summed E-state index contributed by atoms with van der Waals surface area (Å²) in [4.78, 5) is 24.0. The van der Waals surface area contributed by atoms with Gasteiger partial charge in [-0.3, -0.25) is 9.59 Å². The lowest BCUT2D eigenvalue weighted by Gasteiger charge is -2.10. The van der Waals surface area contributed by atoms with Gasteiger partial charge in [0.05, 0.1) is 0 Å². The molecular weight excluding hydrogens is 328 g/mol. The first-order valence-electron chi connectivity index (χ1n) is 8.87. The fourth-order valence-electron chi connectivity index (χ4n) is 2.55. The molecule has 5 heteroatoms. The number of carbonyl (C=O) groups is 2. The van der Waals surface area contributed by atoms with Crippen LogP contribution in [0.2, 0.25) is 0 Å². The Morgan fingerprint density at radius 3 is 2.27 bits per heavy atom. The summed E-state index contributed by atoms with van der Waals surface area (Å²) in [7, 11) is 0. The molecule has 2 aromatic rings. The molecule has 0 fully saturated rings. The minimum absolute atomic E-state index is 0.0673. The first kappa shape index (κ1) is 19.5. The molecule has 26 heavy (non-hydrogen) atoms. The number of hydrogen-bond acceptors (Lipinski definition) is 3. The Morgan fingerprint density at radius 1 is 1.00 bits per heavy atom. The van der Waals surface area contributed by atoms with Crippen LogP contribution in [0.4, 0.5) is 5.69 Å². The molecule has 2 aromatic carbocycles. The molecule has 0 aromatic heterocycles. The van der Waals surface area contributed by atoms with E-state index in [0.29, 0.717) is 23.5 Å². The van der Waals surface area contributed by atoms with E-state index < -0.39 is 0 Å². The van der Waals surface area contributed by atoms with Crippen molar-refractivity contribution in [2.24, 2.45) is 0 Å². The van der Waals surface area contributed by atoms with Gasteiger partial charge in [0.1, 0.15) is 5.75 Å². The van der Waals surface area contributed by atoms with Gasteiger partial charge in [-0.2, -0.15) is 0 Å². The number of ether oxygens (including phenoxy) is 1. The fraction of sp³-hybridized carbons (Fsp3) is 0.333. The van der Waals surface area contributed by atoms with Gasteiger partial charge in [0, 0.05) is 17.8 Å². The summed E-state index contributed by atoms with van der Waals surface area (Å²) in [5.41, 5.74) is 3.39. The third kappa shape index (κ3) is 6.24. The van der Waals surface area contributed by atoms with Crippen LogP contribution < -0.4 is 15.4 Å². The first-order chi connectivity index (χ1) is 12.5. The van der Waals surface area contributed by atoms with Gasteiger partial charge in [-0.05, 0) is 67.8 Å². The van der Waals surface area contributed by atoms with Gasteiger partial charge in [0.2, 0.25) is 0 Å². The molecule has 138 valence electrons. The Morgan fingerprint density at radius 2 is 1.65 bits per heavy atom. The normalized spacial score (nSPS) is 10.3. The van der Waals surface area contributed by atoms with Crippen LogP contribution in [0.5, 0.6) is 5.75 Å². The second kappa shape index (κ2) is 9.61. The molecule has 0 aliphatic carbocycles. The highest BCUT2D eigenvalue weighted by atomic mass is 16.5.